The highest BCUT2D eigenvalue weighted by atomic mass is 32.1. The van der Waals surface area contributed by atoms with Gasteiger partial charge in [0.25, 0.3) is 5.91 Å². The Bertz CT molecular complexity index is 981. The molecule has 0 unspecified atom stereocenters. The normalized spacial score (nSPS) is 11.8. The van der Waals surface area contributed by atoms with Gasteiger partial charge in [-0.15, -0.1) is 11.3 Å². The van der Waals surface area contributed by atoms with Crippen molar-refractivity contribution in [1.82, 2.24) is 10.3 Å². The van der Waals surface area contributed by atoms with Crippen LogP contribution in [0.5, 0.6) is 0 Å². The van der Waals surface area contributed by atoms with E-state index < -0.39 is 12.0 Å². The Labute approximate surface area is 161 Å². The number of rotatable bonds is 6. The van der Waals surface area contributed by atoms with E-state index >= 15 is 0 Å². The van der Waals surface area contributed by atoms with Gasteiger partial charge in [0.15, 0.2) is 0 Å². The molecule has 1 heterocycles. The summed E-state index contributed by atoms with van der Waals surface area (Å²) in [7, 11) is 0. The predicted octanol–water partition coefficient (Wildman–Crippen LogP) is 4.37. The fourth-order valence-corrected chi connectivity index (χ4v) is 3.83. The summed E-state index contributed by atoms with van der Waals surface area (Å²) < 4.78 is 0. The molecule has 0 bridgehead atoms. The smallest absolute Gasteiger partial charge is 0.305 e. The van der Waals surface area contributed by atoms with Crippen LogP contribution in [0.4, 0.5) is 0 Å². The van der Waals surface area contributed by atoms with Crippen molar-refractivity contribution in [2.45, 2.75) is 26.3 Å². The number of amides is 1. The van der Waals surface area contributed by atoms with Crippen LogP contribution in [0, 0.1) is 13.8 Å². The topological polar surface area (TPSA) is 79.3 Å². The number of carboxylic acids is 1. The van der Waals surface area contributed by atoms with Crippen LogP contribution in [0.3, 0.4) is 0 Å². The number of nitrogens with zero attached hydrogens (tertiary/aromatic N) is 1. The lowest BCUT2D eigenvalue weighted by Crippen LogP contribution is -2.30. The molecule has 3 rings (SSSR count). The molecule has 0 aliphatic carbocycles. The van der Waals surface area contributed by atoms with Gasteiger partial charge in [-0.05, 0) is 30.5 Å². The van der Waals surface area contributed by atoms with Crippen LogP contribution >= 0.6 is 11.3 Å². The number of aryl methyl sites for hydroxylation is 2. The molecule has 2 aromatic carbocycles. The molecule has 1 amide bonds. The zero-order valence-electron chi connectivity index (χ0n) is 15.1. The molecule has 0 aliphatic rings. The van der Waals surface area contributed by atoms with Gasteiger partial charge in [-0.3, -0.25) is 9.59 Å². The lowest BCUT2D eigenvalue weighted by Gasteiger charge is -2.18. The highest BCUT2D eigenvalue weighted by Crippen LogP contribution is 2.27. The standard InChI is InChI=1S/C21H20N2O3S/c1-13-7-3-5-9-15(13)17(11-19(24)25)22-20(26)18-12-27-21(23-18)16-10-6-4-8-14(16)2/h3-10,12,17H,11H2,1-2H3,(H,22,26)(H,24,25)/t17-/m0/s1. The van der Waals surface area contributed by atoms with E-state index in [1.54, 1.807) is 5.38 Å². The first-order valence-electron chi connectivity index (χ1n) is 8.55. The van der Waals surface area contributed by atoms with Crippen molar-refractivity contribution in [3.05, 3.63) is 76.3 Å². The van der Waals surface area contributed by atoms with E-state index in [2.05, 4.69) is 10.3 Å². The second kappa shape index (κ2) is 8.14. The molecule has 5 nitrogen and oxygen atoms in total. The third kappa shape index (κ3) is 4.41. The van der Waals surface area contributed by atoms with Gasteiger partial charge in [-0.2, -0.15) is 0 Å². The molecular weight excluding hydrogens is 360 g/mol. The number of benzene rings is 2. The lowest BCUT2D eigenvalue weighted by molar-refractivity contribution is -0.137. The summed E-state index contributed by atoms with van der Waals surface area (Å²) in [6.45, 7) is 3.90. The first kappa shape index (κ1) is 18.8. The van der Waals surface area contributed by atoms with E-state index in [9.17, 15) is 14.7 Å². The minimum Gasteiger partial charge on any atom is -0.481 e. The maximum atomic E-state index is 12.7. The molecule has 0 radical (unpaired) electrons. The van der Waals surface area contributed by atoms with Crippen LogP contribution in [-0.4, -0.2) is 22.0 Å². The number of aromatic nitrogens is 1. The highest BCUT2D eigenvalue weighted by Gasteiger charge is 2.22. The number of carbonyl (C=O) groups is 2. The average Bonchev–Trinajstić information content (AvgIpc) is 3.11. The summed E-state index contributed by atoms with van der Waals surface area (Å²) in [6, 6.07) is 14.7. The van der Waals surface area contributed by atoms with Crippen LogP contribution in [0.25, 0.3) is 10.6 Å². The summed E-state index contributed by atoms with van der Waals surface area (Å²) in [4.78, 5) is 28.4. The van der Waals surface area contributed by atoms with Crippen LogP contribution in [-0.2, 0) is 4.79 Å². The Morgan fingerprint density at radius 2 is 1.74 bits per heavy atom. The van der Waals surface area contributed by atoms with E-state index in [1.165, 1.54) is 11.3 Å². The molecule has 0 spiro atoms. The van der Waals surface area contributed by atoms with Gasteiger partial charge in [0.05, 0.1) is 12.5 Å². The fraction of sp³-hybridized carbons (Fsp3) is 0.190. The minimum absolute atomic E-state index is 0.189. The lowest BCUT2D eigenvalue weighted by atomic mass is 9.98. The molecule has 138 valence electrons. The van der Waals surface area contributed by atoms with E-state index in [4.69, 9.17) is 0 Å². The van der Waals surface area contributed by atoms with Crippen molar-refractivity contribution in [3.63, 3.8) is 0 Å². The van der Waals surface area contributed by atoms with Gasteiger partial charge < -0.3 is 10.4 Å². The number of nitrogens with one attached hydrogen (secondary N) is 1. The van der Waals surface area contributed by atoms with Crippen LogP contribution < -0.4 is 5.32 Å². The summed E-state index contributed by atoms with van der Waals surface area (Å²) in [5.41, 5.74) is 4.10. The van der Waals surface area contributed by atoms with Crippen molar-refractivity contribution in [1.29, 1.82) is 0 Å². The van der Waals surface area contributed by atoms with Gasteiger partial charge in [-0.1, -0.05) is 48.5 Å². The third-order valence-electron chi connectivity index (χ3n) is 4.36. The molecule has 2 N–H and O–H groups in total. The van der Waals surface area contributed by atoms with Gasteiger partial charge in [0.1, 0.15) is 10.7 Å². The third-order valence-corrected chi connectivity index (χ3v) is 5.24. The van der Waals surface area contributed by atoms with E-state index in [-0.39, 0.29) is 12.3 Å². The molecule has 3 aromatic rings. The Hall–Kier alpha value is -2.99. The summed E-state index contributed by atoms with van der Waals surface area (Å²) in [5.74, 6) is -1.34. The van der Waals surface area contributed by atoms with Gasteiger partial charge in [0, 0.05) is 10.9 Å². The van der Waals surface area contributed by atoms with Crippen LogP contribution in [0.1, 0.15) is 39.6 Å². The monoisotopic (exact) mass is 380 g/mol. The summed E-state index contributed by atoms with van der Waals surface area (Å²) >= 11 is 1.40. The summed E-state index contributed by atoms with van der Waals surface area (Å²) in [6.07, 6.45) is -0.189. The van der Waals surface area contributed by atoms with Gasteiger partial charge in [0.2, 0.25) is 0 Å². The van der Waals surface area contributed by atoms with Gasteiger partial charge >= 0.3 is 5.97 Å². The van der Waals surface area contributed by atoms with Crippen molar-refractivity contribution in [2.75, 3.05) is 0 Å². The first-order chi connectivity index (χ1) is 13.0. The average molecular weight is 380 g/mol. The van der Waals surface area contributed by atoms with Crippen LogP contribution in [0.15, 0.2) is 53.9 Å². The van der Waals surface area contributed by atoms with E-state index in [0.717, 1.165) is 27.3 Å². The SMILES string of the molecule is Cc1ccccc1-c1nc(C(=O)N[C@@H](CC(=O)O)c2ccccc2C)cs1. The Morgan fingerprint density at radius 1 is 1.07 bits per heavy atom. The molecule has 0 saturated heterocycles. The van der Waals surface area contributed by atoms with E-state index in [1.807, 2.05) is 62.4 Å². The quantitative estimate of drug-likeness (QED) is 0.665. The minimum atomic E-state index is -0.970. The van der Waals surface area contributed by atoms with E-state index in [0.29, 0.717) is 5.69 Å². The van der Waals surface area contributed by atoms with Gasteiger partial charge in [-0.25, -0.2) is 4.98 Å². The summed E-state index contributed by atoms with van der Waals surface area (Å²) in [5, 5.41) is 14.5. The number of aliphatic carboxylic acids is 1. The fourth-order valence-electron chi connectivity index (χ4n) is 2.94. The zero-order valence-corrected chi connectivity index (χ0v) is 15.9. The molecule has 1 aromatic heterocycles. The number of hydrogen-bond acceptors (Lipinski definition) is 4. The number of carbonyl (C=O) groups excluding carboxylic acids is 1. The maximum absolute atomic E-state index is 12.7. The van der Waals surface area contributed by atoms with Crippen molar-refractivity contribution < 1.29 is 14.7 Å². The largest absolute Gasteiger partial charge is 0.481 e. The molecular formula is C21H20N2O3S. The second-order valence-electron chi connectivity index (χ2n) is 6.33. The molecule has 0 aliphatic heterocycles. The molecule has 6 heteroatoms. The first-order valence-corrected chi connectivity index (χ1v) is 9.43. The zero-order chi connectivity index (χ0) is 19.4. The maximum Gasteiger partial charge on any atom is 0.305 e. The number of carboxylic acid groups (broad SMARTS) is 1. The predicted molar refractivity (Wildman–Crippen MR) is 106 cm³/mol. The van der Waals surface area contributed by atoms with Crippen molar-refractivity contribution in [3.8, 4) is 10.6 Å². The molecule has 0 fully saturated rings. The molecule has 0 saturated carbocycles. The second-order valence-corrected chi connectivity index (χ2v) is 7.19. The Kier molecular flexibility index (Phi) is 5.66. The van der Waals surface area contributed by atoms with Crippen molar-refractivity contribution in [2.24, 2.45) is 0 Å². The Balaban J connectivity index is 1.83. The van der Waals surface area contributed by atoms with Crippen molar-refractivity contribution >= 4 is 23.2 Å². The number of hydrogen-bond donors (Lipinski definition) is 2. The highest BCUT2D eigenvalue weighted by molar-refractivity contribution is 7.13. The Morgan fingerprint density at radius 3 is 2.41 bits per heavy atom. The number of thiazole rings is 1. The molecule has 27 heavy (non-hydrogen) atoms. The van der Waals surface area contributed by atoms with Crippen LogP contribution in [0.2, 0.25) is 0 Å². The molecule has 1 atom stereocenters.